The zero-order valence-electron chi connectivity index (χ0n) is 21.2. The minimum absolute atomic E-state index is 0.0356. The van der Waals surface area contributed by atoms with E-state index >= 15 is 0 Å². The van der Waals surface area contributed by atoms with E-state index in [-0.39, 0.29) is 17.2 Å². The molecule has 2 heterocycles. The minimum Gasteiger partial charge on any atom is -0.495 e. The van der Waals surface area contributed by atoms with Crippen molar-refractivity contribution >= 4 is 28.4 Å². The average molecular weight is 533 g/mol. The van der Waals surface area contributed by atoms with Crippen LogP contribution < -0.4 is 15.8 Å². The van der Waals surface area contributed by atoms with Crippen molar-refractivity contribution in [2.45, 2.75) is 13.1 Å². The van der Waals surface area contributed by atoms with Crippen LogP contribution in [0.5, 0.6) is 5.75 Å². The Morgan fingerprint density at radius 1 is 1.08 bits per heavy atom. The first-order valence-corrected chi connectivity index (χ1v) is 11.8. The molecule has 0 spiro atoms. The fourth-order valence-electron chi connectivity index (χ4n) is 4.47. The van der Waals surface area contributed by atoms with Gasteiger partial charge in [0.15, 0.2) is 0 Å². The Bertz CT molecular complexity index is 1730. The zero-order valence-corrected chi connectivity index (χ0v) is 21.2. The summed E-state index contributed by atoms with van der Waals surface area (Å²) in [4.78, 5) is 21.7. The first-order chi connectivity index (χ1) is 18.6. The fourth-order valence-corrected chi connectivity index (χ4v) is 4.47. The lowest BCUT2D eigenvalue weighted by atomic mass is 9.92. The molecular weight excluding hydrogens is 509 g/mol. The van der Waals surface area contributed by atoms with Gasteiger partial charge in [0.2, 0.25) is 5.95 Å². The molecule has 0 fully saturated rings. The molecular formula is C28H23F3N6O2. The van der Waals surface area contributed by atoms with Crippen LogP contribution in [0.15, 0.2) is 67.0 Å². The molecule has 3 aromatic carbocycles. The molecule has 39 heavy (non-hydrogen) atoms. The molecule has 2 aromatic heterocycles. The highest BCUT2D eigenvalue weighted by molar-refractivity contribution is 6.06. The van der Waals surface area contributed by atoms with Crippen molar-refractivity contribution in [2.75, 3.05) is 18.2 Å². The number of alkyl halides is 3. The van der Waals surface area contributed by atoms with Crippen molar-refractivity contribution < 1.29 is 22.7 Å². The first-order valence-electron chi connectivity index (χ1n) is 11.8. The highest BCUT2D eigenvalue weighted by atomic mass is 19.4. The highest BCUT2D eigenvalue weighted by Crippen LogP contribution is 2.44. The van der Waals surface area contributed by atoms with E-state index in [2.05, 4.69) is 20.4 Å². The Hall–Kier alpha value is -4.93. The number of nitrogens with zero attached hydrogens (tertiary/aromatic N) is 4. The minimum atomic E-state index is -4.52. The maximum absolute atomic E-state index is 13.1. The van der Waals surface area contributed by atoms with Crippen molar-refractivity contribution in [3.8, 4) is 28.1 Å². The van der Waals surface area contributed by atoms with E-state index in [0.29, 0.717) is 33.3 Å². The molecule has 8 nitrogen and oxygen atoms in total. The van der Waals surface area contributed by atoms with Gasteiger partial charge in [0.1, 0.15) is 5.75 Å². The van der Waals surface area contributed by atoms with Gasteiger partial charge in [-0.1, -0.05) is 12.1 Å². The Balaban J connectivity index is 1.64. The number of methoxy groups -OCH3 is 1. The summed E-state index contributed by atoms with van der Waals surface area (Å²) in [5.41, 5.74) is 9.49. The molecule has 5 aromatic rings. The van der Waals surface area contributed by atoms with Gasteiger partial charge in [-0.2, -0.15) is 18.3 Å². The third-order valence-corrected chi connectivity index (χ3v) is 6.36. The largest absolute Gasteiger partial charge is 0.495 e. The van der Waals surface area contributed by atoms with E-state index in [1.165, 1.54) is 19.2 Å². The Morgan fingerprint density at radius 3 is 2.56 bits per heavy atom. The van der Waals surface area contributed by atoms with Gasteiger partial charge in [0.25, 0.3) is 5.91 Å². The van der Waals surface area contributed by atoms with Crippen LogP contribution in [0.2, 0.25) is 0 Å². The molecule has 3 N–H and O–H groups in total. The van der Waals surface area contributed by atoms with Crippen molar-refractivity contribution in [1.82, 2.24) is 19.7 Å². The van der Waals surface area contributed by atoms with Gasteiger partial charge in [-0.15, -0.1) is 0 Å². The lowest BCUT2D eigenvalue weighted by Gasteiger charge is -2.18. The van der Waals surface area contributed by atoms with Crippen LogP contribution in [0, 0.1) is 6.92 Å². The van der Waals surface area contributed by atoms with Gasteiger partial charge in [0, 0.05) is 41.6 Å². The third-order valence-electron chi connectivity index (χ3n) is 6.36. The van der Waals surface area contributed by atoms with Gasteiger partial charge in [0.05, 0.1) is 29.4 Å². The van der Waals surface area contributed by atoms with E-state index in [0.717, 1.165) is 23.4 Å². The number of fused-ring (bicyclic) bond motifs is 1. The first kappa shape index (κ1) is 25.7. The Labute approximate surface area is 221 Å². The molecule has 0 aliphatic rings. The van der Waals surface area contributed by atoms with Crippen LogP contribution in [0.25, 0.3) is 33.3 Å². The molecule has 0 aliphatic heterocycles. The number of carbonyl (C=O) groups excluding carboxylic acids is 1. The van der Waals surface area contributed by atoms with Gasteiger partial charge in [-0.05, 0) is 60.5 Å². The average Bonchev–Trinajstić information content (AvgIpc) is 3.32. The van der Waals surface area contributed by atoms with Gasteiger partial charge in [-0.3, -0.25) is 9.48 Å². The number of nitrogens with one attached hydrogen (secondary N) is 1. The third kappa shape index (κ3) is 4.86. The number of halogens is 3. The number of carbonyl (C=O) groups is 1. The number of aryl methyl sites for hydroxylation is 2. The number of nitrogens with two attached hydrogens (primary N) is 1. The number of amides is 1. The standard InChI is InChI=1S/C28H23F3N6O2/c1-15-7-8-16(26(38)35-19-6-4-5-18(13-19)28(29,30)31)11-20(15)21-12-17-14-33-27(32)36-24(17)23(25(21)39-3)22-9-10-34-37(22)2/h4-14H,1-3H3,(H,35,38)(H2,32,33,36). The number of nitrogen functional groups attached to an aromatic ring is 1. The molecule has 5 rings (SSSR count). The molecule has 0 aliphatic carbocycles. The fraction of sp³-hybridized carbons (Fsp3) is 0.143. The monoisotopic (exact) mass is 532 g/mol. The summed E-state index contributed by atoms with van der Waals surface area (Å²) in [6.45, 7) is 1.89. The normalized spacial score (nSPS) is 11.5. The summed E-state index contributed by atoms with van der Waals surface area (Å²) < 4.78 is 47.0. The highest BCUT2D eigenvalue weighted by Gasteiger charge is 2.30. The van der Waals surface area contributed by atoms with Gasteiger partial charge < -0.3 is 15.8 Å². The van der Waals surface area contributed by atoms with Crippen LogP contribution in [0.3, 0.4) is 0 Å². The van der Waals surface area contributed by atoms with Crippen LogP contribution in [-0.2, 0) is 13.2 Å². The van der Waals surface area contributed by atoms with Crippen LogP contribution >= 0.6 is 0 Å². The van der Waals surface area contributed by atoms with Gasteiger partial charge in [-0.25, -0.2) is 9.97 Å². The van der Waals surface area contributed by atoms with E-state index in [9.17, 15) is 18.0 Å². The summed E-state index contributed by atoms with van der Waals surface area (Å²) in [6, 6.07) is 13.2. The number of aromatic nitrogens is 4. The second-order valence-electron chi connectivity index (χ2n) is 8.90. The predicted octanol–water partition coefficient (Wildman–Crippen LogP) is 5.87. The van der Waals surface area contributed by atoms with E-state index in [1.54, 1.807) is 42.3 Å². The Kier molecular flexibility index (Phi) is 6.43. The smallest absolute Gasteiger partial charge is 0.416 e. The number of hydrogen-bond acceptors (Lipinski definition) is 6. The molecule has 0 atom stereocenters. The molecule has 0 radical (unpaired) electrons. The summed E-state index contributed by atoms with van der Waals surface area (Å²) in [6.07, 6.45) is -1.26. The lowest BCUT2D eigenvalue weighted by Crippen LogP contribution is -2.13. The van der Waals surface area contributed by atoms with Crippen LogP contribution in [0.1, 0.15) is 21.5 Å². The van der Waals surface area contributed by atoms with E-state index in [1.807, 2.05) is 19.1 Å². The number of rotatable bonds is 5. The number of hydrogen-bond donors (Lipinski definition) is 2. The maximum Gasteiger partial charge on any atom is 0.416 e. The summed E-state index contributed by atoms with van der Waals surface area (Å²) in [7, 11) is 3.33. The van der Waals surface area contributed by atoms with Crippen molar-refractivity contribution in [1.29, 1.82) is 0 Å². The number of anilines is 2. The number of benzene rings is 3. The zero-order chi connectivity index (χ0) is 27.9. The van der Waals surface area contributed by atoms with Crippen molar-refractivity contribution in [3.63, 3.8) is 0 Å². The molecule has 0 saturated carbocycles. The molecule has 0 bridgehead atoms. The predicted molar refractivity (Wildman–Crippen MR) is 142 cm³/mol. The van der Waals surface area contributed by atoms with Gasteiger partial charge >= 0.3 is 6.18 Å². The van der Waals surface area contributed by atoms with Crippen LogP contribution in [0.4, 0.5) is 24.8 Å². The quantitative estimate of drug-likeness (QED) is 0.293. The van der Waals surface area contributed by atoms with E-state index in [4.69, 9.17) is 10.5 Å². The van der Waals surface area contributed by atoms with Crippen molar-refractivity contribution in [3.05, 3.63) is 83.7 Å². The number of ether oxygens (including phenoxy) is 1. The molecule has 1 amide bonds. The van der Waals surface area contributed by atoms with E-state index < -0.39 is 17.6 Å². The lowest BCUT2D eigenvalue weighted by molar-refractivity contribution is -0.137. The second kappa shape index (κ2) is 9.75. The molecule has 0 saturated heterocycles. The summed E-state index contributed by atoms with van der Waals surface area (Å²) in [5.74, 6) is 0.0335. The topological polar surface area (TPSA) is 108 Å². The summed E-state index contributed by atoms with van der Waals surface area (Å²) >= 11 is 0. The maximum atomic E-state index is 13.1. The molecule has 0 unspecified atom stereocenters. The second-order valence-corrected chi connectivity index (χ2v) is 8.90. The molecule has 11 heteroatoms. The molecule has 198 valence electrons. The SMILES string of the molecule is COc1c(-c2cc(C(=O)Nc3cccc(C(F)(F)F)c3)ccc2C)cc2cnc(N)nc2c1-c1ccnn1C. The Morgan fingerprint density at radius 2 is 1.87 bits per heavy atom. The van der Waals surface area contributed by atoms with Crippen molar-refractivity contribution in [2.24, 2.45) is 7.05 Å². The van der Waals surface area contributed by atoms with Crippen LogP contribution in [-0.4, -0.2) is 32.8 Å². The summed E-state index contributed by atoms with van der Waals surface area (Å²) in [5, 5.41) is 7.53.